The Morgan fingerprint density at radius 1 is 1.20 bits per heavy atom. The van der Waals surface area contributed by atoms with Crippen molar-refractivity contribution in [3.05, 3.63) is 54.4 Å². The van der Waals surface area contributed by atoms with Gasteiger partial charge < -0.3 is 15.0 Å². The van der Waals surface area contributed by atoms with Crippen LogP contribution in [0, 0.1) is 0 Å². The van der Waals surface area contributed by atoms with E-state index < -0.39 is 10.0 Å². The van der Waals surface area contributed by atoms with Crippen molar-refractivity contribution < 1.29 is 13.2 Å². The quantitative estimate of drug-likeness (QED) is 0.676. The SMILES string of the molecule is CO[C@H]1CCN(c2cccc(S(=O)(=O)n3cc(C4CCNC4)c4ncccc43)c2)C1. The largest absolute Gasteiger partial charge is 0.380 e. The van der Waals surface area contributed by atoms with Crippen molar-refractivity contribution in [1.29, 1.82) is 0 Å². The second kappa shape index (κ2) is 7.68. The molecule has 8 heteroatoms. The molecular weight excluding hydrogens is 400 g/mol. The van der Waals surface area contributed by atoms with Gasteiger partial charge in [0.1, 0.15) is 0 Å². The summed E-state index contributed by atoms with van der Waals surface area (Å²) in [6.07, 6.45) is 5.62. The first kappa shape index (κ1) is 19.5. The van der Waals surface area contributed by atoms with E-state index in [1.807, 2.05) is 18.2 Å². The highest BCUT2D eigenvalue weighted by molar-refractivity contribution is 7.90. The number of aromatic nitrogens is 2. The first-order valence-corrected chi connectivity index (χ1v) is 11.8. The molecule has 1 N–H and O–H groups in total. The predicted octanol–water partition coefficient (Wildman–Crippen LogP) is 2.58. The molecule has 0 bridgehead atoms. The lowest BCUT2D eigenvalue weighted by Gasteiger charge is -2.19. The van der Waals surface area contributed by atoms with Crippen LogP contribution in [0.1, 0.15) is 24.3 Å². The Morgan fingerprint density at radius 2 is 2.10 bits per heavy atom. The minimum atomic E-state index is -3.75. The van der Waals surface area contributed by atoms with Crippen LogP contribution in [0.2, 0.25) is 0 Å². The summed E-state index contributed by atoms with van der Waals surface area (Å²) in [7, 11) is -2.03. The molecule has 7 nitrogen and oxygen atoms in total. The van der Waals surface area contributed by atoms with Gasteiger partial charge in [-0.05, 0) is 49.7 Å². The number of methoxy groups -OCH3 is 1. The van der Waals surface area contributed by atoms with E-state index in [0.717, 1.165) is 55.8 Å². The number of benzene rings is 1. The highest BCUT2D eigenvalue weighted by atomic mass is 32.2. The molecule has 2 aromatic heterocycles. The maximum Gasteiger partial charge on any atom is 0.268 e. The van der Waals surface area contributed by atoms with E-state index in [9.17, 15) is 8.42 Å². The molecule has 0 amide bonds. The molecule has 2 fully saturated rings. The number of nitrogens with one attached hydrogen (secondary N) is 1. The normalized spacial score (nSPS) is 22.2. The van der Waals surface area contributed by atoms with Crippen LogP contribution in [0.25, 0.3) is 11.0 Å². The van der Waals surface area contributed by atoms with Gasteiger partial charge in [-0.25, -0.2) is 12.4 Å². The number of rotatable bonds is 5. The maximum atomic E-state index is 13.6. The number of ether oxygens (including phenoxy) is 1. The summed E-state index contributed by atoms with van der Waals surface area (Å²) in [5, 5.41) is 3.36. The molecule has 4 heterocycles. The molecule has 1 aromatic carbocycles. The Hall–Kier alpha value is -2.42. The van der Waals surface area contributed by atoms with Crippen LogP contribution in [0.3, 0.4) is 0 Å². The lowest BCUT2D eigenvalue weighted by Crippen LogP contribution is -2.22. The van der Waals surface area contributed by atoms with Crippen molar-refractivity contribution in [3.8, 4) is 0 Å². The van der Waals surface area contributed by atoms with E-state index in [1.54, 1.807) is 37.7 Å². The molecule has 0 aliphatic carbocycles. The fourth-order valence-electron chi connectivity index (χ4n) is 4.58. The van der Waals surface area contributed by atoms with Crippen LogP contribution >= 0.6 is 0 Å². The average molecular weight is 427 g/mol. The molecule has 2 aliphatic rings. The minimum absolute atomic E-state index is 0.187. The molecule has 0 radical (unpaired) electrons. The molecule has 30 heavy (non-hydrogen) atoms. The van der Waals surface area contributed by atoms with Gasteiger partial charge in [-0.15, -0.1) is 0 Å². The molecule has 158 valence electrons. The third-order valence-corrected chi connectivity index (χ3v) is 7.94. The zero-order valence-corrected chi connectivity index (χ0v) is 17.8. The summed E-state index contributed by atoms with van der Waals surface area (Å²) in [4.78, 5) is 6.98. The Bertz CT molecular complexity index is 1170. The number of pyridine rings is 1. The molecule has 0 spiro atoms. The van der Waals surface area contributed by atoms with Crippen molar-refractivity contribution >= 4 is 26.7 Å². The molecule has 2 atom stereocenters. The van der Waals surface area contributed by atoms with E-state index in [-0.39, 0.29) is 16.9 Å². The summed E-state index contributed by atoms with van der Waals surface area (Å²) in [6, 6.07) is 10.8. The van der Waals surface area contributed by atoms with E-state index in [2.05, 4.69) is 15.2 Å². The molecule has 2 saturated heterocycles. The van der Waals surface area contributed by atoms with Crippen LogP contribution in [0.15, 0.2) is 53.7 Å². The second-order valence-corrected chi connectivity index (χ2v) is 9.85. The van der Waals surface area contributed by atoms with Gasteiger partial charge in [0, 0.05) is 56.3 Å². The van der Waals surface area contributed by atoms with Gasteiger partial charge in [0.15, 0.2) is 0 Å². The minimum Gasteiger partial charge on any atom is -0.380 e. The van der Waals surface area contributed by atoms with Gasteiger partial charge in [-0.2, -0.15) is 0 Å². The third-order valence-electron chi connectivity index (χ3n) is 6.27. The zero-order valence-electron chi connectivity index (χ0n) is 17.0. The van der Waals surface area contributed by atoms with Gasteiger partial charge in [0.25, 0.3) is 10.0 Å². The fraction of sp³-hybridized carbons (Fsp3) is 0.409. The highest BCUT2D eigenvalue weighted by Crippen LogP contribution is 2.33. The lowest BCUT2D eigenvalue weighted by atomic mass is 10.0. The summed E-state index contributed by atoms with van der Waals surface area (Å²) in [5.74, 6) is 0.278. The topological polar surface area (TPSA) is 76.5 Å². The van der Waals surface area contributed by atoms with Crippen LogP contribution < -0.4 is 10.2 Å². The van der Waals surface area contributed by atoms with Crippen molar-refractivity contribution in [1.82, 2.24) is 14.3 Å². The van der Waals surface area contributed by atoms with Gasteiger partial charge in [-0.3, -0.25) is 4.98 Å². The van der Waals surface area contributed by atoms with Crippen molar-refractivity contribution in [2.24, 2.45) is 0 Å². The van der Waals surface area contributed by atoms with Crippen LogP contribution in [0.5, 0.6) is 0 Å². The average Bonchev–Trinajstić information content (AvgIpc) is 3.53. The van der Waals surface area contributed by atoms with E-state index in [0.29, 0.717) is 5.52 Å². The summed E-state index contributed by atoms with van der Waals surface area (Å²) in [6.45, 7) is 3.42. The highest BCUT2D eigenvalue weighted by Gasteiger charge is 2.28. The fourth-order valence-corrected chi connectivity index (χ4v) is 5.99. The Balaban J connectivity index is 1.56. The van der Waals surface area contributed by atoms with Crippen LogP contribution in [0.4, 0.5) is 5.69 Å². The molecule has 2 aliphatic heterocycles. The lowest BCUT2D eigenvalue weighted by molar-refractivity contribution is 0.121. The van der Waals surface area contributed by atoms with Crippen LogP contribution in [-0.2, 0) is 14.8 Å². The Labute approximate surface area is 176 Å². The molecule has 1 unspecified atom stereocenters. The number of anilines is 1. The smallest absolute Gasteiger partial charge is 0.268 e. The summed E-state index contributed by atoms with van der Waals surface area (Å²) < 4.78 is 34.1. The molecule has 3 aromatic rings. The number of fused-ring (bicyclic) bond motifs is 1. The third kappa shape index (κ3) is 3.29. The molecular formula is C22H26N4O3S. The monoisotopic (exact) mass is 426 g/mol. The first-order chi connectivity index (χ1) is 14.6. The van der Waals surface area contributed by atoms with Gasteiger partial charge in [-0.1, -0.05) is 6.07 Å². The van der Waals surface area contributed by atoms with Crippen molar-refractivity contribution in [2.75, 3.05) is 38.2 Å². The van der Waals surface area contributed by atoms with Crippen LogP contribution in [-0.4, -0.2) is 56.8 Å². The van der Waals surface area contributed by atoms with Gasteiger partial charge >= 0.3 is 0 Å². The second-order valence-electron chi connectivity index (χ2n) is 8.04. The number of nitrogens with zero attached hydrogens (tertiary/aromatic N) is 3. The maximum absolute atomic E-state index is 13.6. The standard InChI is InChI=1S/C22H26N4O3S/c1-29-18-8-11-25(14-18)17-4-2-5-19(12-17)30(27,28)26-15-20(16-7-10-23-13-16)22-21(26)6-3-9-24-22/h2-6,9,12,15-16,18,23H,7-8,10-11,13-14H2,1H3/t16?,18-/m0/s1. The first-order valence-electron chi connectivity index (χ1n) is 10.4. The molecule has 0 saturated carbocycles. The summed E-state index contributed by atoms with van der Waals surface area (Å²) in [5.41, 5.74) is 3.31. The van der Waals surface area contributed by atoms with Crippen molar-refractivity contribution in [2.45, 2.75) is 29.8 Å². The van der Waals surface area contributed by atoms with E-state index in [4.69, 9.17) is 4.74 Å². The summed E-state index contributed by atoms with van der Waals surface area (Å²) >= 11 is 0. The van der Waals surface area contributed by atoms with Crippen molar-refractivity contribution in [3.63, 3.8) is 0 Å². The van der Waals surface area contributed by atoms with Gasteiger partial charge in [0.2, 0.25) is 0 Å². The number of hydrogen-bond donors (Lipinski definition) is 1. The Morgan fingerprint density at radius 3 is 2.87 bits per heavy atom. The Kier molecular flexibility index (Phi) is 5.00. The van der Waals surface area contributed by atoms with E-state index >= 15 is 0 Å². The van der Waals surface area contributed by atoms with Gasteiger partial charge in [0.05, 0.1) is 22.0 Å². The predicted molar refractivity (Wildman–Crippen MR) is 117 cm³/mol. The van der Waals surface area contributed by atoms with E-state index in [1.165, 1.54) is 3.97 Å². The number of hydrogen-bond acceptors (Lipinski definition) is 6. The zero-order chi connectivity index (χ0) is 20.7. The molecule has 5 rings (SSSR count).